The van der Waals surface area contributed by atoms with Crippen molar-refractivity contribution < 1.29 is 9.90 Å². The maximum atomic E-state index is 13.0. The van der Waals surface area contributed by atoms with E-state index < -0.39 is 0 Å². The molecule has 2 aliphatic rings. The molecule has 24 heavy (non-hydrogen) atoms. The minimum absolute atomic E-state index is 0.0576. The fourth-order valence-corrected chi connectivity index (χ4v) is 5.55. The highest BCUT2D eigenvalue weighted by molar-refractivity contribution is 7.10. The molecule has 4 rings (SSSR count). The highest BCUT2D eigenvalue weighted by Crippen LogP contribution is 2.39. The maximum Gasteiger partial charge on any atom is 0.237 e. The molecule has 2 aromatic heterocycles. The molecule has 0 saturated carbocycles. The summed E-state index contributed by atoms with van der Waals surface area (Å²) >= 11 is 3.52. The second-order valence-electron chi connectivity index (χ2n) is 6.59. The van der Waals surface area contributed by atoms with Crippen molar-refractivity contribution >= 4 is 28.6 Å². The van der Waals surface area contributed by atoms with E-state index in [0.717, 1.165) is 32.4 Å². The van der Waals surface area contributed by atoms with Gasteiger partial charge in [0.25, 0.3) is 0 Å². The number of rotatable bonds is 3. The molecule has 0 unspecified atom stereocenters. The average Bonchev–Trinajstić information content (AvgIpc) is 3.25. The molecular formula is C18H22N2O2S2. The first-order valence-corrected chi connectivity index (χ1v) is 10.3. The van der Waals surface area contributed by atoms with Gasteiger partial charge >= 0.3 is 0 Å². The zero-order valence-electron chi connectivity index (χ0n) is 13.6. The number of hydrogen-bond donors (Lipinski definition) is 1. The number of fused-ring (bicyclic) bond motifs is 1. The number of aliphatic hydroxyl groups is 1. The van der Waals surface area contributed by atoms with E-state index in [9.17, 15) is 9.90 Å². The van der Waals surface area contributed by atoms with Crippen molar-refractivity contribution in [2.24, 2.45) is 0 Å². The summed E-state index contributed by atoms with van der Waals surface area (Å²) in [4.78, 5) is 19.8. The maximum absolute atomic E-state index is 13.0. The van der Waals surface area contributed by atoms with Crippen LogP contribution in [0.4, 0.5) is 0 Å². The summed E-state index contributed by atoms with van der Waals surface area (Å²) in [5.74, 6) is 0.180. The highest BCUT2D eigenvalue weighted by Gasteiger charge is 2.34. The van der Waals surface area contributed by atoms with Gasteiger partial charge in [-0.15, -0.1) is 22.7 Å². The normalized spacial score (nSPS) is 24.8. The fraction of sp³-hybridized carbons (Fsp3) is 0.500. The molecule has 0 aliphatic carbocycles. The Morgan fingerprint density at radius 3 is 2.96 bits per heavy atom. The van der Waals surface area contributed by atoms with E-state index in [1.165, 1.54) is 15.3 Å². The standard InChI is InChI=1S/C18H22N2O2S2/c21-13-3-1-7-19(11-13)12-17(22)20-8-5-15-14(6-10-24-15)18(20)16-4-2-9-23-16/h2,4,6,9-10,13,18,21H,1,3,5,7-8,11-12H2/t13-,18+/m1/s1. The molecule has 1 fully saturated rings. The third-order valence-electron chi connectivity index (χ3n) is 4.94. The summed E-state index contributed by atoms with van der Waals surface area (Å²) in [6.45, 7) is 2.72. The third kappa shape index (κ3) is 3.16. The number of piperidine rings is 1. The fourth-order valence-electron chi connectivity index (χ4n) is 3.80. The number of nitrogens with zero attached hydrogens (tertiary/aromatic N) is 2. The van der Waals surface area contributed by atoms with Crippen molar-refractivity contribution in [3.8, 4) is 0 Å². The Bertz CT molecular complexity index is 698. The quantitative estimate of drug-likeness (QED) is 0.913. The Labute approximate surface area is 150 Å². The van der Waals surface area contributed by atoms with Gasteiger partial charge < -0.3 is 10.0 Å². The molecule has 4 nitrogen and oxygen atoms in total. The SMILES string of the molecule is O=C(CN1CCC[C@@H](O)C1)N1CCc2sccc2[C@H]1c1cccs1. The molecule has 0 radical (unpaired) electrons. The summed E-state index contributed by atoms with van der Waals surface area (Å²) in [7, 11) is 0. The van der Waals surface area contributed by atoms with Crippen LogP contribution in [0.15, 0.2) is 29.0 Å². The van der Waals surface area contributed by atoms with Gasteiger partial charge in [0.05, 0.1) is 18.7 Å². The number of thiophene rings is 2. The molecule has 1 saturated heterocycles. The molecule has 6 heteroatoms. The van der Waals surface area contributed by atoms with Gasteiger partial charge in [0.1, 0.15) is 0 Å². The number of amides is 1. The van der Waals surface area contributed by atoms with Crippen molar-refractivity contribution in [3.63, 3.8) is 0 Å². The van der Waals surface area contributed by atoms with Gasteiger partial charge in [-0.1, -0.05) is 6.07 Å². The second kappa shape index (κ2) is 6.96. The number of hydrogen-bond acceptors (Lipinski definition) is 5. The summed E-state index contributed by atoms with van der Waals surface area (Å²) in [6, 6.07) is 6.42. The van der Waals surface area contributed by atoms with Crippen molar-refractivity contribution in [2.75, 3.05) is 26.2 Å². The Balaban J connectivity index is 1.56. The third-order valence-corrected chi connectivity index (χ3v) is 6.86. The summed E-state index contributed by atoms with van der Waals surface area (Å²) in [6.07, 6.45) is 2.48. The second-order valence-corrected chi connectivity index (χ2v) is 8.57. The Morgan fingerprint density at radius 2 is 2.17 bits per heavy atom. The van der Waals surface area contributed by atoms with Crippen LogP contribution >= 0.6 is 22.7 Å². The van der Waals surface area contributed by atoms with E-state index in [-0.39, 0.29) is 18.1 Å². The average molecular weight is 363 g/mol. The van der Waals surface area contributed by atoms with Gasteiger partial charge in [0.15, 0.2) is 0 Å². The minimum Gasteiger partial charge on any atom is -0.392 e. The van der Waals surface area contributed by atoms with Gasteiger partial charge in [0, 0.05) is 22.8 Å². The minimum atomic E-state index is -0.288. The van der Waals surface area contributed by atoms with Gasteiger partial charge in [-0.2, -0.15) is 0 Å². The van der Waals surface area contributed by atoms with Crippen LogP contribution in [0.1, 0.15) is 34.2 Å². The molecule has 1 N–H and O–H groups in total. The Morgan fingerprint density at radius 1 is 1.25 bits per heavy atom. The highest BCUT2D eigenvalue weighted by atomic mass is 32.1. The molecule has 128 valence electrons. The van der Waals surface area contributed by atoms with Crippen LogP contribution in [0, 0.1) is 0 Å². The van der Waals surface area contributed by atoms with Crippen molar-refractivity contribution in [1.82, 2.24) is 9.80 Å². The Hall–Kier alpha value is -1.21. The zero-order chi connectivity index (χ0) is 16.5. The predicted molar refractivity (Wildman–Crippen MR) is 97.6 cm³/mol. The van der Waals surface area contributed by atoms with Gasteiger partial charge in [-0.05, 0) is 54.3 Å². The lowest BCUT2D eigenvalue weighted by atomic mass is 9.98. The number of carbonyl (C=O) groups is 1. The first-order chi connectivity index (χ1) is 11.7. The molecule has 0 spiro atoms. The van der Waals surface area contributed by atoms with Crippen LogP contribution in [0.25, 0.3) is 0 Å². The number of aliphatic hydroxyl groups excluding tert-OH is 1. The number of β-amino-alcohol motifs (C(OH)–C–C–N with tert-alkyl or cyclic N) is 1. The molecule has 2 aromatic rings. The predicted octanol–water partition coefficient (Wildman–Crippen LogP) is 2.74. The van der Waals surface area contributed by atoms with Gasteiger partial charge in [-0.25, -0.2) is 0 Å². The molecule has 2 atom stereocenters. The van der Waals surface area contributed by atoms with Crippen LogP contribution < -0.4 is 0 Å². The van der Waals surface area contributed by atoms with Crippen LogP contribution in [-0.2, 0) is 11.2 Å². The first kappa shape index (κ1) is 16.3. The summed E-state index contributed by atoms with van der Waals surface area (Å²) < 4.78 is 0. The molecule has 4 heterocycles. The number of likely N-dealkylation sites (tertiary alicyclic amines) is 1. The van der Waals surface area contributed by atoms with E-state index in [0.29, 0.717) is 13.1 Å². The zero-order valence-corrected chi connectivity index (χ0v) is 15.2. The van der Waals surface area contributed by atoms with Gasteiger partial charge in [0.2, 0.25) is 5.91 Å². The molecule has 0 aromatic carbocycles. The first-order valence-electron chi connectivity index (χ1n) is 8.52. The smallest absolute Gasteiger partial charge is 0.237 e. The van der Waals surface area contributed by atoms with Crippen molar-refractivity contribution in [3.05, 3.63) is 44.3 Å². The molecule has 0 bridgehead atoms. The topological polar surface area (TPSA) is 43.8 Å². The summed E-state index contributed by atoms with van der Waals surface area (Å²) in [5.41, 5.74) is 1.29. The van der Waals surface area contributed by atoms with Gasteiger partial charge in [-0.3, -0.25) is 9.69 Å². The van der Waals surface area contributed by atoms with Crippen molar-refractivity contribution in [1.29, 1.82) is 0 Å². The summed E-state index contributed by atoms with van der Waals surface area (Å²) in [5, 5.41) is 14.1. The van der Waals surface area contributed by atoms with Crippen LogP contribution in [0.2, 0.25) is 0 Å². The van der Waals surface area contributed by atoms with E-state index in [2.05, 4.69) is 33.9 Å². The van der Waals surface area contributed by atoms with Crippen molar-refractivity contribution in [2.45, 2.75) is 31.4 Å². The van der Waals surface area contributed by atoms with Crippen LogP contribution in [0.5, 0.6) is 0 Å². The monoisotopic (exact) mass is 362 g/mol. The van der Waals surface area contributed by atoms with Crippen LogP contribution in [-0.4, -0.2) is 53.1 Å². The lowest BCUT2D eigenvalue weighted by molar-refractivity contribution is -0.135. The molecule has 1 amide bonds. The van der Waals surface area contributed by atoms with E-state index in [4.69, 9.17) is 0 Å². The largest absolute Gasteiger partial charge is 0.392 e. The Kier molecular flexibility index (Phi) is 4.72. The van der Waals surface area contributed by atoms with E-state index in [1.807, 2.05) is 4.90 Å². The van der Waals surface area contributed by atoms with E-state index in [1.54, 1.807) is 22.7 Å². The van der Waals surface area contributed by atoms with E-state index >= 15 is 0 Å². The lowest BCUT2D eigenvalue weighted by Crippen LogP contribution is -2.48. The lowest BCUT2D eigenvalue weighted by Gasteiger charge is -2.38. The molecular weight excluding hydrogens is 340 g/mol. The van der Waals surface area contributed by atoms with Crippen LogP contribution in [0.3, 0.4) is 0 Å². The number of carbonyl (C=O) groups excluding carboxylic acids is 1. The molecule has 2 aliphatic heterocycles.